The van der Waals surface area contributed by atoms with Crippen molar-refractivity contribution in [3.05, 3.63) is 75.1 Å². The minimum Gasteiger partial charge on any atom is -0.335 e. The van der Waals surface area contributed by atoms with E-state index in [2.05, 4.69) is 0 Å². The normalized spacial score (nSPS) is 14.1. The van der Waals surface area contributed by atoms with Crippen molar-refractivity contribution in [2.24, 2.45) is 0 Å². The predicted octanol–water partition coefficient (Wildman–Crippen LogP) is 2.64. The maximum Gasteiger partial charge on any atom is 0.282 e. The highest BCUT2D eigenvalue weighted by atomic mass is 19.1. The molecular formula is C19H18FN3O4. The lowest BCUT2D eigenvalue weighted by atomic mass is 10.1. The first-order valence-electron chi connectivity index (χ1n) is 8.46. The summed E-state index contributed by atoms with van der Waals surface area (Å²) in [6.07, 6.45) is 0. The van der Waals surface area contributed by atoms with Crippen LogP contribution in [0.5, 0.6) is 0 Å². The smallest absolute Gasteiger partial charge is 0.282 e. The third-order valence-corrected chi connectivity index (χ3v) is 4.60. The van der Waals surface area contributed by atoms with E-state index >= 15 is 0 Å². The fraction of sp³-hybridized carbons (Fsp3) is 0.263. The lowest BCUT2D eigenvalue weighted by Crippen LogP contribution is -2.50. The number of para-hydroxylation sites is 1. The Labute approximate surface area is 155 Å². The Morgan fingerprint density at radius 1 is 1.00 bits per heavy atom. The van der Waals surface area contributed by atoms with Crippen molar-refractivity contribution in [3.63, 3.8) is 0 Å². The largest absolute Gasteiger partial charge is 0.335 e. The first-order chi connectivity index (χ1) is 12.9. The Morgan fingerprint density at radius 3 is 2.19 bits per heavy atom. The fourth-order valence-electron chi connectivity index (χ4n) is 3.01. The second kappa shape index (κ2) is 7.53. The van der Waals surface area contributed by atoms with Gasteiger partial charge in [-0.15, -0.1) is 0 Å². The maximum atomic E-state index is 13.7. The van der Waals surface area contributed by atoms with E-state index in [-0.39, 0.29) is 48.9 Å². The van der Waals surface area contributed by atoms with E-state index < -0.39 is 16.6 Å². The number of hydrogen-bond acceptors (Lipinski definition) is 4. The average molecular weight is 371 g/mol. The summed E-state index contributed by atoms with van der Waals surface area (Å²) < 4.78 is 13.7. The Kier molecular flexibility index (Phi) is 5.16. The molecule has 27 heavy (non-hydrogen) atoms. The summed E-state index contributed by atoms with van der Waals surface area (Å²) in [5, 5.41) is 11.1. The average Bonchev–Trinajstić information content (AvgIpc) is 2.69. The zero-order valence-electron chi connectivity index (χ0n) is 14.7. The standard InChI is InChI=1S/C19H18FN3O4/c1-13-6-7-14(12-16(13)20)18(24)21-8-10-22(11-9-21)19(25)15-4-2-3-5-17(15)23(26)27/h2-7,12H,8-11H2,1H3. The monoisotopic (exact) mass is 371 g/mol. The van der Waals surface area contributed by atoms with Crippen LogP contribution in [-0.2, 0) is 0 Å². The van der Waals surface area contributed by atoms with E-state index in [0.29, 0.717) is 5.56 Å². The van der Waals surface area contributed by atoms with E-state index in [1.54, 1.807) is 30.0 Å². The quantitative estimate of drug-likeness (QED) is 0.613. The van der Waals surface area contributed by atoms with Crippen molar-refractivity contribution in [1.82, 2.24) is 9.80 Å². The summed E-state index contributed by atoms with van der Waals surface area (Å²) >= 11 is 0. The molecule has 8 heteroatoms. The van der Waals surface area contributed by atoms with Crippen LogP contribution in [0.3, 0.4) is 0 Å². The van der Waals surface area contributed by atoms with Crippen LogP contribution in [0.25, 0.3) is 0 Å². The summed E-state index contributed by atoms with van der Waals surface area (Å²) in [7, 11) is 0. The van der Waals surface area contributed by atoms with Crippen LogP contribution in [0.2, 0.25) is 0 Å². The van der Waals surface area contributed by atoms with Crippen LogP contribution < -0.4 is 0 Å². The number of nitrogens with zero attached hydrogens (tertiary/aromatic N) is 3. The lowest BCUT2D eigenvalue weighted by molar-refractivity contribution is -0.385. The molecular weight excluding hydrogens is 353 g/mol. The van der Waals surface area contributed by atoms with Crippen LogP contribution in [-0.4, -0.2) is 52.7 Å². The van der Waals surface area contributed by atoms with Gasteiger partial charge >= 0.3 is 0 Å². The molecule has 0 unspecified atom stereocenters. The Morgan fingerprint density at radius 2 is 1.59 bits per heavy atom. The molecule has 0 atom stereocenters. The van der Waals surface area contributed by atoms with Crippen LogP contribution >= 0.6 is 0 Å². The minimum atomic E-state index is -0.584. The first-order valence-corrected chi connectivity index (χ1v) is 8.46. The first kappa shape index (κ1) is 18.5. The number of halogens is 1. The highest BCUT2D eigenvalue weighted by Crippen LogP contribution is 2.21. The molecule has 1 saturated heterocycles. The van der Waals surface area contributed by atoms with E-state index in [1.165, 1.54) is 29.2 Å². The van der Waals surface area contributed by atoms with Gasteiger partial charge in [-0.05, 0) is 30.7 Å². The number of nitro benzene ring substituents is 1. The van der Waals surface area contributed by atoms with Gasteiger partial charge in [0, 0.05) is 37.8 Å². The van der Waals surface area contributed by atoms with Gasteiger partial charge in [-0.25, -0.2) is 4.39 Å². The van der Waals surface area contributed by atoms with E-state index in [9.17, 15) is 24.1 Å². The zero-order valence-corrected chi connectivity index (χ0v) is 14.7. The number of piperazine rings is 1. The van der Waals surface area contributed by atoms with Gasteiger partial charge in [0.05, 0.1) is 4.92 Å². The Bertz CT molecular complexity index is 908. The molecule has 1 aliphatic heterocycles. The zero-order chi connectivity index (χ0) is 19.6. The molecule has 1 fully saturated rings. The summed E-state index contributed by atoms with van der Waals surface area (Å²) in [6.45, 7) is 2.69. The van der Waals surface area contributed by atoms with Crippen molar-refractivity contribution < 1.29 is 18.9 Å². The van der Waals surface area contributed by atoms with E-state index in [0.717, 1.165) is 0 Å². The fourth-order valence-corrected chi connectivity index (χ4v) is 3.01. The van der Waals surface area contributed by atoms with E-state index in [4.69, 9.17) is 0 Å². The highest BCUT2D eigenvalue weighted by molar-refractivity contribution is 5.98. The number of benzene rings is 2. The summed E-state index contributed by atoms with van der Waals surface area (Å²) in [5.41, 5.74) is 0.516. The van der Waals surface area contributed by atoms with Crippen molar-refractivity contribution in [1.29, 1.82) is 0 Å². The molecule has 0 N–H and O–H groups in total. The molecule has 1 aliphatic rings. The Hall–Kier alpha value is -3.29. The number of aryl methyl sites for hydroxylation is 1. The molecule has 2 aromatic rings. The van der Waals surface area contributed by atoms with Gasteiger partial charge in [0.1, 0.15) is 11.4 Å². The van der Waals surface area contributed by atoms with Gasteiger partial charge in [0.25, 0.3) is 17.5 Å². The molecule has 7 nitrogen and oxygen atoms in total. The topological polar surface area (TPSA) is 83.8 Å². The third kappa shape index (κ3) is 3.79. The maximum absolute atomic E-state index is 13.7. The van der Waals surface area contributed by atoms with Crippen molar-refractivity contribution in [3.8, 4) is 0 Å². The molecule has 0 saturated carbocycles. The SMILES string of the molecule is Cc1ccc(C(=O)N2CCN(C(=O)c3ccccc3[N+](=O)[O-])CC2)cc1F. The molecule has 2 aromatic carbocycles. The number of nitro groups is 1. The second-order valence-corrected chi connectivity index (χ2v) is 6.32. The summed E-state index contributed by atoms with van der Waals surface area (Å²) in [5.74, 6) is -1.17. The van der Waals surface area contributed by atoms with Crippen LogP contribution in [0.15, 0.2) is 42.5 Å². The highest BCUT2D eigenvalue weighted by Gasteiger charge is 2.29. The van der Waals surface area contributed by atoms with Crippen molar-refractivity contribution in [2.45, 2.75) is 6.92 Å². The number of rotatable bonds is 3. The molecule has 2 amide bonds. The van der Waals surface area contributed by atoms with Crippen molar-refractivity contribution >= 4 is 17.5 Å². The van der Waals surface area contributed by atoms with Crippen LogP contribution in [0, 0.1) is 22.9 Å². The van der Waals surface area contributed by atoms with Crippen LogP contribution in [0.1, 0.15) is 26.3 Å². The molecule has 1 heterocycles. The number of hydrogen-bond donors (Lipinski definition) is 0. The number of carbonyl (C=O) groups excluding carboxylic acids is 2. The second-order valence-electron chi connectivity index (χ2n) is 6.32. The molecule has 140 valence electrons. The Balaban J connectivity index is 1.68. The lowest BCUT2D eigenvalue weighted by Gasteiger charge is -2.34. The van der Waals surface area contributed by atoms with Gasteiger partial charge < -0.3 is 9.80 Å². The number of carbonyl (C=O) groups is 2. The number of amides is 2. The minimum absolute atomic E-state index is 0.0304. The molecule has 0 bridgehead atoms. The molecule has 0 aliphatic carbocycles. The van der Waals surface area contributed by atoms with Gasteiger partial charge in [-0.2, -0.15) is 0 Å². The summed E-state index contributed by atoms with van der Waals surface area (Å²) in [4.78, 5) is 38.7. The van der Waals surface area contributed by atoms with E-state index in [1.807, 2.05) is 0 Å². The molecule has 0 aromatic heterocycles. The van der Waals surface area contributed by atoms with Crippen LogP contribution in [0.4, 0.5) is 10.1 Å². The molecule has 3 rings (SSSR count). The van der Waals surface area contributed by atoms with Gasteiger partial charge in [-0.1, -0.05) is 18.2 Å². The third-order valence-electron chi connectivity index (χ3n) is 4.60. The molecule has 0 radical (unpaired) electrons. The predicted molar refractivity (Wildman–Crippen MR) is 96.0 cm³/mol. The van der Waals surface area contributed by atoms with Gasteiger partial charge in [-0.3, -0.25) is 19.7 Å². The van der Waals surface area contributed by atoms with Gasteiger partial charge in [0.2, 0.25) is 0 Å². The summed E-state index contributed by atoms with van der Waals surface area (Å²) in [6, 6.07) is 10.1. The van der Waals surface area contributed by atoms with Crippen molar-refractivity contribution in [2.75, 3.05) is 26.2 Å². The van der Waals surface area contributed by atoms with Gasteiger partial charge in [0.15, 0.2) is 0 Å². The molecule has 0 spiro atoms.